The first-order valence-corrected chi connectivity index (χ1v) is 10.3. The van der Waals surface area contributed by atoms with E-state index in [1.54, 1.807) is 6.92 Å². The number of pyridine rings is 1. The lowest BCUT2D eigenvalue weighted by Crippen LogP contribution is -2.55. The van der Waals surface area contributed by atoms with Crippen LogP contribution < -0.4 is 10.7 Å². The van der Waals surface area contributed by atoms with Gasteiger partial charge in [0.25, 0.3) is 11.8 Å². The van der Waals surface area contributed by atoms with E-state index in [-0.39, 0.29) is 23.9 Å². The number of hydrogen-bond donors (Lipinski definition) is 2. The van der Waals surface area contributed by atoms with Crippen LogP contribution in [0.3, 0.4) is 0 Å². The highest BCUT2D eigenvalue weighted by atomic mass is 19.1. The Hall–Kier alpha value is -3.20. The molecule has 1 fully saturated rings. The number of nitrogens with one attached hydrogen (secondary N) is 1. The van der Waals surface area contributed by atoms with E-state index in [1.807, 2.05) is 6.92 Å². The Morgan fingerprint density at radius 2 is 2.03 bits per heavy atom. The second-order valence-corrected chi connectivity index (χ2v) is 7.88. The predicted octanol–water partition coefficient (Wildman–Crippen LogP) is 2.16. The first kappa shape index (κ1) is 21.0. The molecule has 9 heteroatoms. The highest BCUT2D eigenvalue weighted by molar-refractivity contribution is 5.99. The lowest BCUT2D eigenvalue weighted by Gasteiger charge is -2.43. The molecule has 2 aliphatic rings. The minimum atomic E-state index is -0.911. The van der Waals surface area contributed by atoms with Crippen molar-refractivity contribution in [2.75, 3.05) is 6.54 Å². The van der Waals surface area contributed by atoms with Crippen LogP contribution in [0.25, 0.3) is 0 Å². The van der Waals surface area contributed by atoms with Crippen LogP contribution in [0.2, 0.25) is 0 Å². The van der Waals surface area contributed by atoms with Gasteiger partial charge in [-0.2, -0.15) is 0 Å². The molecule has 2 aromatic rings. The van der Waals surface area contributed by atoms with Crippen molar-refractivity contribution < 1.29 is 23.8 Å². The number of carbonyl (C=O) groups excluding carboxylic acids is 2. The van der Waals surface area contributed by atoms with Gasteiger partial charge in [-0.1, -0.05) is 19.1 Å². The molecule has 0 radical (unpaired) electrons. The summed E-state index contributed by atoms with van der Waals surface area (Å²) in [5.74, 6) is -2.33. The summed E-state index contributed by atoms with van der Waals surface area (Å²) in [6, 6.07) is 5.13. The molecule has 164 valence electrons. The maximum absolute atomic E-state index is 13.1. The van der Waals surface area contributed by atoms with Crippen LogP contribution in [-0.4, -0.2) is 45.3 Å². The van der Waals surface area contributed by atoms with E-state index in [2.05, 4.69) is 5.32 Å². The molecule has 0 saturated carbocycles. The molecular weight excluding hydrogens is 405 g/mol. The van der Waals surface area contributed by atoms with Gasteiger partial charge < -0.3 is 24.6 Å². The monoisotopic (exact) mass is 429 g/mol. The van der Waals surface area contributed by atoms with Gasteiger partial charge in [0.1, 0.15) is 11.4 Å². The third kappa shape index (κ3) is 3.81. The van der Waals surface area contributed by atoms with E-state index in [0.717, 1.165) is 6.42 Å². The number of rotatable bonds is 4. The van der Waals surface area contributed by atoms with Gasteiger partial charge in [-0.15, -0.1) is 0 Å². The highest BCUT2D eigenvalue weighted by Gasteiger charge is 2.40. The third-order valence-electron chi connectivity index (χ3n) is 5.88. The van der Waals surface area contributed by atoms with Crippen molar-refractivity contribution in [2.45, 2.75) is 51.6 Å². The average Bonchev–Trinajstić information content (AvgIpc) is 2.76. The van der Waals surface area contributed by atoms with Gasteiger partial charge in [-0.05, 0) is 37.5 Å². The maximum atomic E-state index is 13.1. The van der Waals surface area contributed by atoms with Gasteiger partial charge in [-0.25, -0.2) is 4.39 Å². The molecule has 3 unspecified atom stereocenters. The number of hydrogen-bond acceptors (Lipinski definition) is 5. The van der Waals surface area contributed by atoms with E-state index in [0.29, 0.717) is 18.5 Å². The largest absolute Gasteiger partial charge is 0.503 e. The molecule has 31 heavy (non-hydrogen) atoms. The van der Waals surface area contributed by atoms with Gasteiger partial charge in [0.05, 0.1) is 18.7 Å². The maximum Gasteiger partial charge on any atom is 0.276 e. The number of aromatic hydroxyl groups is 1. The predicted molar refractivity (Wildman–Crippen MR) is 109 cm³/mol. The van der Waals surface area contributed by atoms with Crippen molar-refractivity contribution >= 4 is 11.8 Å². The van der Waals surface area contributed by atoms with Crippen molar-refractivity contribution in [3.8, 4) is 5.75 Å². The fraction of sp³-hybridized carbons (Fsp3) is 0.409. The SMILES string of the molecule is CCC1CCN2C(=O)c3c(O)c(=O)c(C(=O)NC(C)c4ccc(F)cc4)cn3CC2O1. The van der Waals surface area contributed by atoms with Gasteiger partial charge >= 0.3 is 0 Å². The quantitative estimate of drug-likeness (QED) is 0.776. The lowest BCUT2D eigenvalue weighted by molar-refractivity contribution is -0.134. The van der Waals surface area contributed by atoms with Crippen LogP contribution in [0.4, 0.5) is 4.39 Å². The van der Waals surface area contributed by atoms with Gasteiger partial charge in [0.15, 0.2) is 17.7 Å². The van der Waals surface area contributed by atoms with Crippen LogP contribution in [0.15, 0.2) is 35.3 Å². The highest BCUT2D eigenvalue weighted by Crippen LogP contribution is 2.29. The van der Waals surface area contributed by atoms with E-state index in [4.69, 9.17) is 4.74 Å². The number of fused-ring (bicyclic) bond motifs is 2. The Morgan fingerprint density at radius 3 is 2.71 bits per heavy atom. The summed E-state index contributed by atoms with van der Waals surface area (Å²) in [6.45, 7) is 4.39. The number of amides is 2. The number of halogens is 1. The van der Waals surface area contributed by atoms with E-state index in [1.165, 1.54) is 39.9 Å². The van der Waals surface area contributed by atoms with Crippen molar-refractivity contribution in [3.05, 3.63) is 63.3 Å². The lowest BCUT2D eigenvalue weighted by atomic mass is 10.1. The second-order valence-electron chi connectivity index (χ2n) is 7.88. The zero-order chi connectivity index (χ0) is 22.3. The topological polar surface area (TPSA) is 101 Å². The van der Waals surface area contributed by atoms with Crippen LogP contribution in [-0.2, 0) is 11.3 Å². The number of benzene rings is 1. The Bertz CT molecular complexity index is 1080. The first-order valence-electron chi connectivity index (χ1n) is 10.3. The van der Waals surface area contributed by atoms with Gasteiger partial charge in [0.2, 0.25) is 5.43 Å². The summed E-state index contributed by atoms with van der Waals surface area (Å²) in [7, 11) is 0. The molecule has 2 N–H and O–H groups in total. The molecule has 0 bridgehead atoms. The normalized spacial score (nSPS) is 21.3. The summed E-state index contributed by atoms with van der Waals surface area (Å²) in [5.41, 5.74) is -0.669. The minimum Gasteiger partial charge on any atom is -0.503 e. The molecule has 4 rings (SSSR count). The summed E-state index contributed by atoms with van der Waals surface area (Å²) in [6.07, 6.45) is 2.30. The van der Waals surface area contributed by atoms with Crippen molar-refractivity contribution in [1.82, 2.24) is 14.8 Å². The molecule has 0 spiro atoms. The van der Waals surface area contributed by atoms with Crippen LogP contribution >= 0.6 is 0 Å². The average molecular weight is 429 g/mol. The minimum absolute atomic E-state index is 0.0305. The fourth-order valence-electron chi connectivity index (χ4n) is 4.06. The number of nitrogens with zero attached hydrogens (tertiary/aromatic N) is 2. The molecule has 0 aliphatic carbocycles. The van der Waals surface area contributed by atoms with E-state index in [9.17, 15) is 23.9 Å². The van der Waals surface area contributed by atoms with Crippen LogP contribution in [0.1, 0.15) is 59.1 Å². The molecule has 3 atom stereocenters. The second kappa shape index (κ2) is 8.14. The van der Waals surface area contributed by atoms with Gasteiger partial charge in [-0.3, -0.25) is 14.4 Å². The van der Waals surface area contributed by atoms with Gasteiger partial charge in [0, 0.05) is 12.7 Å². The summed E-state index contributed by atoms with van der Waals surface area (Å²) in [4.78, 5) is 39.9. The van der Waals surface area contributed by atoms with E-state index >= 15 is 0 Å². The van der Waals surface area contributed by atoms with Crippen molar-refractivity contribution in [2.24, 2.45) is 0 Å². The Balaban J connectivity index is 1.63. The van der Waals surface area contributed by atoms with Crippen molar-refractivity contribution in [3.63, 3.8) is 0 Å². The fourth-order valence-corrected chi connectivity index (χ4v) is 4.06. The first-order chi connectivity index (χ1) is 14.8. The third-order valence-corrected chi connectivity index (χ3v) is 5.88. The Morgan fingerprint density at radius 1 is 1.32 bits per heavy atom. The zero-order valence-electron chi connectivity index (χ0n) is 17.3. The molecule has 1 aromatic heterocycles. The Labute approximate surface area is 178 Å². The molecule has 2 amide bonds. The number of ether oxygens (including phenoxy) is 1. The molecular formula is C22H24FN3O5. The molecule has 2 aliphatic heterocycles. The summed E-state index contributed by atoms with van der Waals surface area (Å²) < 4.78 is 20.5. The molecule has 8 nitrogen and oxygen atoms in total. The summed E-state index contributed by atoms with van der Waals surface area (Å²) in [5, 5.41) is 13.1. The molecule has 1 saturated heterocycles. The Kier molecular flexibility index (Phi) is 5.53. The molecule has 1 aromatic carbocycles. The number of carbonyl (C=O) groups is 2. The summed E-state index contributed by atoms with van der Waals surface area (Å²) >= 11 is 0. The van der Waals surface area contributed by atoms with Crippen molar-refractivity contribution in [1.29, 1.82) is 0 Å². The smallest absolute Gasteiger partial charge is 0.276 e. The van der Waals surface area contributed by atoms with E-state index < -0.39 is 41.1 Å². The van der Waals surface area contributed by atoms with Crippen LogP contribution in [0.5, 0.6) is 5.75 Å². The van der Waals surface area contributed by atoms with Crippen LogP contribution in [0, 0.1) is 5.82 Å². The molecule has 3 heterocycles. The zero-order valence-corrected chi connectivity index (χ0v) is 17.3. The number of aromatic nitrogens is 1. The standard InChI is InChI=1S/C22H24FN3O5/c1-3-15-8-9-26-17(31-15)11-25-10-16(19(27)20(28)18(25)22(26)30)21(29)24-12(2)13-4-6-14(23)7-5-13/h4-7,10,12,15,17,28H,3,8-9,11H2,1-2H3,(H,24,29).